The molecule has 0 saturated carbocycles. The largest absolute Gasteiger partial charge is 0.382 e. The van der Waals surface area contributed by atoms with E-state index in [1.807, 2.05) is 0 Å². The van der Waals surface area contributed by atoms with Crippen molar-refractivity contribution >= 4 is 0 Å². The quantitative estimate of drug-likeness (QED) is 0.844. The molecule has 0 amide bonds. The summed E-state index contributed by atoms with van der Waals surface area (Å²) in [5.74, 6) is 1.58. The lowest BCUT2D eigenvalue weighted by Crippen LogP contribution is -2.29. The molecule has 5 nitrogen and oxygen atoms in total. The molecule has 0 aromatic carbocycles. The van der Waals surface area contributed by atoms with Gasteiger partial charge in [0.1, 0.15) is 5.82 Å². The van der Waals surface area contributed by atoms with Gasteiger partial charge in [0, 0.05) is 45.3 Å². The summed E-state index contributed by atoms with van der Waals surface area (Å²) >= 11 is 0. The van der Waals surface area contributed by atoms with Gasteiger partial charge in [-0.05, 0) is 0 Å². The molecule has 19 heavy (non-hydrogen) atoms. The molecule has 0 radical (unpaired) electrons. The molecule has 1 aromatic heterocycles. The first kappa shape index (κ1) is 14.5. The fourth-order valence-corrected chi connectivity index (χ4v) is 2.62. The molecule has 2 rings (SSSR count). The van der Waals surface area contributed by atoms with Crippen LogP contribution >= 0.6 is 0 Å². The van der Waals surface area contributed by atoms with Crippen LogP contribution in [0.4, 0.5) is 0 Å². The number of imidazole rings is 1. The number of nitrogens with zero attached hydrogens (tertiary/aromatic N) is 2. The fourth-order valence-electron chi connectivity index (χ4n) is 2.62. The SMILES string of the molecule is COCC(Cn1c(C(C)C)nc2c1CCNC2)OC. The Labute approximate surface area is 115 Å². The van der Waals surface area contributed by atoms with Crippen LogP contribution < -0.4 is 5.32 Å². The molecule has 1 N–H and O–H groups in total. The van der Waals surface area contributed by atoms with Gasteiger partial charge in [0.2, 0.25) is 0 Å². The monoisotopic (exact) mass is 267 g/mol. The molecule has 5 heteroatoms. The molecule has 0 fully saturated rings. The second-order valence-corrected chi connectivity index (χ2v) is 5.37. The van der Waals surface area contributed by atoms with Crippen LogP contribution in [-0.2, 0) is 29.0 Å². The molecule has 1 unspecified atom stereocenters. The van der Waals surface area contributed by atoms with Gasteiger partial charge in [-0.1, -0.05) is 13.8 Å². The van der Waals surface area contributed by atoms with Gasteiger partial charge in [0.15, 0.2) is 0 Å². The highest BCUT2D eigenvalue weighted by molar-refractivity contribution is 5.21. The van der Waals surface area contributed by atoms with E-state index >= 15 is 0 Å². The van der Waals surface area contributed by atoms with Crippen LogP contribution in [0.1, 0.15) is 37.0 Å². The van der Waals surface area contributed by atoms with Crippen LogP contribution in [-0.4, -0.2) is 43.0 Å². The van der Waals surface area contributed by atoms with Crippen molar-refractivity contribution in [1.29, 1.82) is 0 Å². The zero-order valence-electron chi connectivity index (χ0n) is 12.4. The van der Waals surface area contributed by atoms with Gasteiger partial charge in [-0.2, -0.15) is 0 Å². The maximum Gasteiger partial charge on any atom is 0.111 e. The highest BCUT2D eigenvalue weighted by atomic mass is 16.5. The van der Waals surface area contributed by atoms with E-state index in [-0.39, 0.29) is 6.10 Å². The molecular weight excluding hydrogens is 242 g/mol. The first-order valence-corrected chi connectivity index (χ1v) is 6.98. The fraction of sp³-hybridized carbons (Fsp3) is 0.786. The number of fused-ring (bicyclic) bond motifs is 1. The van der Waals surface area contributed by atoms with E-state index in [1.54, 1.807) is 14.2 Å². The summed E-state index contributed by atoms with van der Waals surface area (Å²) in [6.45, 7) is 7.72. The predicted octanol–water partition coefficient (Wildman–Crippen LogP) is 1.31. The third-order valence-electron chi connectivity index (χ3n) is 3.60. The van der Waals surface area contributed by atoms with Crippen molar-refractivity contribution in [2.75, 3.05) is 27.4 Å². The molecule has 0 saturated heterocycles. The van der Waals surface area contributed by atoms with Crippen molar-refractivity contribution in [3.63, 3.8) is 0 Å². The Morgan fingerprint density at radius 1 is 1.37 bits per heavy atom. The molecular formula is C14H25N3O2. The summed E-state index contributed by atoms with van der Waals surface area (Å²) in [6, 6.07) is 0. The van der Waals surface area contributed by atoms with Crippen LogP contribution in [0.2, 0.25) is 0 Å². The molecule has 1 aromatic rings. The van der Waals surface area contributed by atoms with Gasteiger partial charge in [-0.15, -0.1) is 0 Å². The van der Waals surface area contributed by atoms with E-state index in [1.165, 1.54) is 11.4 Å². The first-order valence-electron chi connectivity index (χ1n) is 6.98. The van der Waals surface area contributed by atoms with Gasteiger partial charge in [0.05, 0.1) is 24.9 Å². The summed E-state index contributed by atoms with van der Waals surface area (Å²) in [5.41, 5.74) is 2.56. The van der Waals surface area contributed by atoms with E-state index in [0.29, 0.717) is 12.5 Å². The molecule has 1 aliphatic rings. The van der Waals surface area contributed by atoms with Gasteiger partial charge < -0.3 is 19.4 Å². The third kappa shape index (κ3) is 3.16. The minimum absolute atomic E-state index is 0.0793. The molecule has 0 bridgehead atoms. The standard InChI is InChI=1S/C14H25N3O2/c1-10(2)14-16-12-7-15-6-5-13(12)17(14)8-11(19-4)9-18-3/h10-11,15H,5-9H2,1-4H3. The number of aromatic nitrogens is 2. The maximum absolute atomic E-state index is 5.50. The van der Waals surface area contributed by atoms with E-state index in [9.17, 15) is 0 Å². The number of nitrogens with one attached hydrogen (secondary N) is 1. The molecule has 108 valence electrons. The predicted molar refractivity (Wildman–Crippen MR) is 74.4 cm³/mol. The maximum atomic E-state index is 5.50. The zero-order valence-corrected chi connectivity index (χ0v) is 12.4. The minimum Gasteiger partial charge on any atom is -0.382 e. The smallest absolute Gasteiger partial charge is 0.111 e. The second-order valence-electron chi connectivity index (χ2n) is 5.37. The normalized spacial score (nSPS) is 16.7. The van der Waals surface area contributed by atoms with E-state index in [0.717, 1.165) is 31.9 Å². The van der Waals surface area contributed by atoms with Crippen molar-refractivity contribution in [3.05, 3.63) is 17.2 Å². The molecule has 1 aliphatic heterocycles. The van der Waals surface area contributed by atoms with Crippen LogP contribution in [0.5, 0.6) is 0 Å². The number of hydrogen-bond donors (Lipinski definition) is 1. The topological polar surface area (TPSA) is 48.3 Å². The zero-order chi connectivity index (χ0) is 13.8. The average Bonchev–Trinajstić information content (AvgIpc) is 2.77. The van der Waals surface area contributed by atoms with Crippen molar-refractivity contribution in [3.8, 4) is 0 Å². The first-order chi connectivity index (χ1) is 9.17. The third-order valence-corrected chi connectivity index (χ3v) is 3.60. The van der Waals surface area contributed by atoms with Crippen LogP contribution in [0.15, 0.2) is 0 Å². The Kier molecular flexibility index (Phi) is 4.96. The summed E-state index contributed by atoms with van der Waals surface area (Å²) < 4.78 is 13.1. The van der Waals surface area contributed by atoms with Gasteiger partial charge in [-0.25, -0.2) is 4.98 Å². The summed E-state index contributed by atoms with van der Waals surface area (Å²) in [7, 11) is 3.45. The van der Waals surface area contributed by atoms with Gasteiger partial charge in [-0.3, -0.25) is 0 Å². The summed E-state index contributed by atoms with van der Waals surface area (Å²) in [5, 5.41) is 3.38. The average molecular weight is 267 g/mol. The van der Waals surface area contributed by atoms with Crippen LogP contribution in [0.25, 0.3) is 0 Å². The molecule has 2 heterocycles. The van der Waals surface area contributed by atoms with Crippen LogP contribution in [0, 0.1) is 0 Å². The Morgan fingerprint density at radius 3 is 2.79 bits per heavy atom. The Balaban J connectivity index is 2.28. The lowest BCUT2D eigenvalue weighted by atomic mass is 10.1. The van der Waals surface area contributed by atoms with E-state index in [2.05, 4.69) is 23.7 Å². The number of ether oxygens (including phenoxy) is 2. The highest BCUT2D eigenvalue weighted by Gasteiger charge is 2.23. The highest BCUT2D eigenvalue weighted by Crippen LogP contribution is 2.22. The minimum atomic E-state index is 0.0793. The molecule has 1 atom stereocenters. The van der Waals surface area contributed by atoms with Crippen molar-refractivity contribution in [2.24, 2.45) is 0 Å². The number of rotatable bonds is 6. The lowest BCUT2D eigenvalue weighted by molar-refractivity contribution is 0.0173. The van der Waals surface area contributed by atoms with Gasteiger partial charge in [0.25, 0.3) is 0 Å². The Hall–Kier alpha value is -0.910. The van der Waals surface area contributed by atoms with Crippen molar-refractivity contribution in [2.45, 2.75) is 45.4 Å². The Morgan fingerprint density at radius 2 is 2.16 bits per heavy atom. The molecule has 0 aliphatic carbocycles. The van der Waals surface area contributed by atoms with E-state index < -0.39 is 0 Å². The van der Waals surface area contributed by atoms with E-state index in [4.69, 9.17) is 14.5 Å². The van der Waals surface area contributed by atoms with Crippen molar-refractivity contribution in [1.82, 2.24) is 14.9 Å². The van der Waals surface area contributed by atoms with Crippen LogP contribution in [0.3, 0.4) is 0 Å². The lowest BCUT2D eigenvalue weighted by Gasteiger charge is -2.21. The second kappa shape index (κ2) is 6.50. The summed E-state index contributed by atoms with van der Waals surface area (Å²) in [4.78, 5) is 4.80. The summed E-state index contributed by atoms with van der Waals surface area (Å²) in [6.07, 6.45) is 1.12. The van der Waals surface area contributed by atoms with Crippen molar-refractivity contribution < 1.29 is 9.47 Å². The number of hydrogen-bond acceptors (Lipinski definition) is 4. The van der Waals surface area contributed by atoms with Gasteiger partial charge >= 0.3 is 0 Å². The number of methoxy groups -OCH3 is 2. The molecule has 0 spiro atoms. The Bertz CT molecular complexity index is 415.